The van der Waals surface area contributed by atoms with Crippen LogP contribution in [-0.4, -0.2) is 47.7 Å². The standard InChI is InChI=1S/C14H27NO4/c1-11(2)10-15(8-7-14(17)18)13(16)6-5-9-19-12(3)4/h11-12H,5-10H2,1-4H3,(H,17,18). The monoisotopic (exact) mass is 273 g/mol. The zero-order valence-corrected chi connectivity index (χ0v) is 12.5. The molecule has 0 atom stereocenters. The van der Waals surface area contributed by atoms with Crippen molar-refractivity contribution in [1.29, 1.82) is 0 Å². The maximum Gasteiger partial charge on any atom is 0.305 e. The lowest BCUT2D eigenvalue weighted by atomic mass is 10.2. The molecule has 0 aliphatic rings. The Bertz CT molecular complexity index is 277. The van der Waals surface area contributed by atoms with Gasteiger partial charge in [0.05, 0.1) is 12.5 Å². The number of carbonyl (C=O) groups excluding carboxylic acids is 1. The first-order valence-corrected chi connectivity index (χ1v) is 6.94. The van der Waals surface area contributed by atoms with Crippen molar-refractivity contribution in [1.82, 2.24) is 4.90 Å². The minimum Gasteiger partial charge on any atom is -0.481 e. The van der Waals surface area contributed by atoms with E-state index in [1.54, 1.807) is 4.90 Å². The molecular formula is C14H27NO4. The zero-order valence-electron chi connectivity index (χ0n) is 12.5. The van der Waals surface area contributed by atoms with Gasteiger partial charge >= 0.3 is 5.97 Å². The topological polar surface area (TPSA) is 66.8 Å². The fourth-order valence-corrected chi connectivity index (χ4v) is 1.69. The first-order chi connectivity index (χ1) is 8.82. The average Bonchev–Trinajstić information content (AvgIpc) is 2.28. The molecule has 0 unspecified atom stereocenters. The maximum absolute atomic E-state index is 12.0. The van der Waals surface area contributed by atoms with Crippen molar-refractivity contribution >= 4 is 11.9 Å². The molecule has 112 valence electrons. The van der Waals surface area contributed by atoms with Gasteiger partial charge in [0.1, 0.15) is 0 Å². The second-order valence-electron chi connectivity index (χ2n) is 5.40. The Morgan fingerprint density at radius 1 is 1.16 bits per heavy atom. The van der Waals surface area contributed by atoms with E-state index in [1.807, 2.05) is 27.7 Å². The zero-order chi connectivity index (χ0) is 14.8. The summed E-state index contributed by atoms with van der Waals surface area (Å²) in [5, 5.41) is 8.70. The molecule has 5 heteroatoms. The highest BCUT2D eigenvalue weighted by Gasteiger charge is 2.15. The van der Waals surface area contributed by atoms with Crippen LogP contribution in [0.1, 0.15) is 47.0 Å². The number of rotatable bonds is 10. The molecule has 0 aromatic heterocycles. The summed E-state index contributed by atoms with van der Waals surface area (Å²) in [6.07, 6.45) is 1.27. The fourth-order valence-electron chi connectivity index (χ4n) is 1.69. The van der Waals surface area contributed by atoms with E-state index in [9.17, 15) is 9.59 Å². The van der Waals surface area contributed by atoms with Gasteiger partial charge < -0.3 is 14.7 Å². The van der Waals surface area contributed by atoms with Crippen LogP contribution < -0.4 is 0 Å². The van der Waals surface area contributed by atoms with Crippen LogP contribution in [-0.2, 0) is 14.3 Å². The Hall–Kier alpha value is -1.10. The average molecular weight is 273 g/mol. The third kappa shape index (κ3) is 10.5. The van der Waals surface area contributed by atoms with Crippen LogP contribution in [0.4, 0.5) is 0 Å². The summed E-state index contributed by atoms with van der Waals surface area (Å²) < 4.78 is 5.39. The molecule has 0 aliphatic heterocycles. The van der Waals surface area contributed by atoms with Crippen molar-refractivity contribution in [3.8, 4) is 0 Å². The lowest BCUT2D eigenvalue weighted by Gasteiger charge is -2.24. The molecule has 0 fully saturated rings. The Kier molecular flexibility index (Phi) is 9.21. The van der Waals surface area contributed by atoms with Crippen molar-refractivity contribution in [2.45, 2.75) is 53.1 Å². The summed E-state index contributed by atoms with van der Waals surface area (Å²) in [6.45, 7) is 9.41. The van der Waals surface area contributed by atoms with E-state index in [1.165, 1.54) is 0 Å². The Balaban J connectivity index is 4.10. The number of hydrogen-bond acceptors (Lipinski definition) is 3. The molecule has 0 heterocycles. The van der Waals surface area contributed by atoms with E-state index in [4.69, 9.17) is 9.84 Å². The van der Waals surface area contributed by atoms with Gasteiger partial charge in [0.25, 0.3) is 0 Å². The maximum atomic E-state index is 12.0. The first kappa shape index (κ1) is 17.9. The molecule has 19 heavy (non-hydrogen) atoms. The van der Waals surface area contributed by atoms with Gasteiger partial charge in [-0.1, -0.05) is 13.8 Å². The molecule has 0 saturated heterocycles. The van der Waals surface area contributed by atoms with Crippen LogP contribution in [0.15, 0.2) is 0 Å². The van der Waals surface area contributed by atoms with Crippen LogP contribution in [0.5, 0.6) is 0 Å². The molecule has 0 aromatic rings. The Labute approximate surface area is 115 Å². The van der Waals surface area contributed by atoms with Crippen LogP contribution in [0.2, 0.25) is 0 Å². The minimum absolute atomic E-state index is 0.000947. The van der Waals surface area contributed by atoms with E-state index in [0.717, 1.165) is 0 Å². The molecule has 0 aliphatic carbocycles. The van der Waals surface area contributed by atoms with E-state index in [-0.39, 0.29) is 25.0 Å². The summed E-state index contributed by atoms with van der Waals surface area (Å²) in [5.74, 6) is -0.517. The van der Waals surface area contributed by atoms with Gasteiger partial charge in [-0.15, -0.1) is 0 Å². The molecule has 0 spiro atoms. The molecule has 0 saturated carbocycles. The quantitative estimate of drug-likeness (QED) is 0.619. The van der Waals surface area contributed by atoms with Crippen molar-refractivity contribution in [2.75, 3.05) is 19.7 Å². The minimum atomic E-state index is -0.871. The predicted octanol–water partition coefficient (Wildman–Crippen LogP) is 2.15. The van der Waals surface area contributed by atoms with Gasteiger partial charge in [0.15, 0.2) is 0 Å². The van der Waals surface area contributed by atoms with Crippen LogP contribution in [0, 0.1) is 5.92 Å². The van der Waals surface area contributed by atoms with Gasteiger partial charge in [0.2, 0.25) is 5.91 Å². The lowest BCUT2D eigenvalue weighted by Crippen LogP contribution is -2.36. The van der Waals surface area contributed by atoms with E-state index >= 15 is 0 Å². The Morgan fingerprint density at radius 3 is 2.26 bits per heavy atom. The third-order valence-electron chi connectivity index (χ3n) is 2.52. The number of amides is 1. The van der Waals surface area contributed by atoms with Crippen LogP contribution >= 0.6 is 0 Å². The summed E-state index contributed by atoms with van der Waals surface area (Å²) >= 11 is 0. The molecule has 5 nitrogen and oxygen atoms in total. The highest BCUT2D eigenvalue weighted by atomic mass is 16.5. The summed E-state index contributed by atoms with van der Waals surface area (Å²) in [4.78, 5) is 24.2. The number of ether oxygens (including phenoxy) is 1. The highest BCUT2D eigenvalue weighted by molar-refractivity contribution is 5.77. The third-order valence-corrected chi connectivity index (χ3v) is 2.52. The number of nitrogens with zero attached hydrogens (tertiary/aromatic N) is 1. The van der Waals surface area contributed by atoms with Crippen LogP contribution in [0.3, 0.4) is 0 Å². The second-order valence-corrected chi connectivity index (χ2v) is 5.40. The smallest absolute Gasteiger partial charge is 0.305 e. The van der Waals surface area contributed by atoms with Gasteiger partial charge in [-0.2, -0.15) is 0 Å². The molecule has 0 radical (unpaired) electrons. The number of carboxylic acid groups (broad SMARTS) is 1. The largest absolute Gasteiger partial charge is 0.481 e. The van der Waals surface area contributed by atoms with Crippen LogP contribution in [0.25, 0.3) is 0 Å². The normalized spacial score (nSPS) is 11.1. The van der Waals surface area contributed by atoms with Crippen molar-refractivity contribution < 1.29 is 19.4 Å². The van der Waals surface area contributed by atoms with E-state index in [0.29, 0.717) is 31.9 Å². The van der Waals surface area contributed by atoms with Gasteiger partial charge in [-0.3, -0.25) is 9.59 Å². The summed E-state index contributed by atoms with van der Waals surface area (Å²) in [6, 6.07) is 0. The van der Waals surface area contributed by atoms with E-state index < -0.39 is 5.97 Å². The first-order valence-electron chi connectivity index (χ1n) is 6.94. The Morgan fingerprint density at radius 2 is 1.79 bits per heavy atom. The second kappa shape index (κ2) is 9.78. The number of hydrogen-bond donors (Lipinski definition) is 1. The molecule has 0 aromatic carbocycles. The van der Waals surface area contributed by atoms with Crippen molar-refractivity contribution in [3.63, 3.8) is 0 Å². The van der Waals surface area contributed by atoms with Gasteiger partial charge in [-0.25, -0.2) is 0 Å². The van der Waals surface area contributed by atoms with Crippen molar-refractivity contribution in [3.05, 3.63) is 0 Å². The SMILES string of the molecule is CC(C)CN(CCC(=O)O)C(=O)CCCOC(C)C. The van der Waals surface area contributed by atoms with Gasteiger partial charge in [0, 0.05) is 26.1 Å². The summed E-state index contributed by atoms with van der Waals surface area (Å²) in [5.41, 5.74) is 0. The lowest BCUT2D eigenvalue weighted by molar-refractivity contribution is -0.138. The fraction of sp³-hybridized carbons (Fsp3) is 0.857. The van der Waals surface area contributed by atoms with E-state index in [2.05, 4.69) is 0 Å². The summed E-state index contributed by atoms with van der Waals surface area (Å²) in [7, 11) is 0. The molecule has 0 bridgehead atoms. The highest BCUT2D eigenvalue weighted by Crippen LogP contribution is 2.05. The molecule has 1 amide bonds. The molecule has 1 N–H and O–H groups in total. The predicted molar refractivity (Wildman–Crippen MR) is 74.0 cm³/mol. The number of aliphatic carboxylic acids is 1. The van der Waals surface area contributed by atoms with Crippen molar-refractivity contribution in [2.24, 2.45) is 5.92 Å². The van der Waals surface area contributed by atoms with Gasteiger partial charge in [-0.05, 0) is 26.2 Å². The molecular weight excluding hydrogens is 246 g/mol. The molecule has 0 rings (SSSR count). The number of carboxylic acids is 1. The number of carbonyl (C=O) groups is 2.